The van der Waals surface area contributed by atoms with E-state index in [4.69, 9.17) is 9.47 Å². The summed E-state index contributed by atoms with van der Waals surface area (Å²) in [7, 11) is 1.60. The van der Waals surface area contributed by atoms with Crippen LogP contribution in [-0.2, 0) is 11.3 Å². The predicted molar refractivity (Wildman–Crippen MR) is 89.0 cm³/mol. The number of morpholine rings is 1. The van der Waals surface area contributed by atoms with E-state index in [2.05, 4.69) is 4.90 Å². The van der Waals surface area contributed by atoms with Crippen LogP contribution in [0, 0.1) is 0 Å². The molecule has 1 aliphatic rings. The number of rotatable bonds is 5. The van der Waals surface area contributed by atoms with Crippen LogP contribution in [0.25, 0.3) is 0 Å². The lowest BCUT2D eigenvalue weighted by Crippen LogP contribution is -2.35. The SMILES string of the molecule is COc1cccc(C(=O)c2ccc(CN3CCOCC3)cc2)c1. The van der Waals surface area contributed by atoms with Gasteiger partial charge in [-0.25, -0.2) is 0 Å². The van der Waals surface area contributed by atoms with E-state index in [0.29, 0.717) is 16.9 Å². The van der Waals surface area contributed by atoms with Gasteiger partial charge in [-0.2, -0.15) is 0 Å². The van der Waals surface area contributed by atoms with Crippen LogP contribution in [0.1, 0.15) is 21.5 Å². The summed E-state index contributed by atoms with van der Waals surface area (Å²) in [5.41, 5.74) is 2.56. The van der Waals surface area contributed by atoms with E-state index in [0.717, 1.165) is 32.8 Å². The van der Waals surface area contributed by atoms with Gasteiger partial charge >= 0.3 is 0 Å². The molecule has 2 aromatic carbocycles. The number of hydrogen-bond acceptors (Lipinski definition) is 4. The molecule has 0 aliphatic carbocycles. The average Bonchev–Trinajstić information content (AvgIpc) is 2.63. The molecule has 0 amide bonds. The minimum absolute atomic E-state index is 0.0156. The first-order valence-electron chi connectivity index (χ1n) is 7.84. The largest absolute Gasteiger partial charge is 0.497 e. The summed E-state index contributed by atoms with van der Waals surface area (Å²) in [4.78, 5) is 14.9. The van der Waals surface area contributed by atoms with Crippen LogP contribution in [-0.4, -0.2) is 44.1 Å². The first-order chi connectivity index (χ1) is 11.3. The maximum atomic E-state index is 12.5. The lowest BCUT2D eigenvalue weighted by atomic mass is 10.0. The number of carbonyl (C=O) groups is 1. The maximum absolute atomic E-state index is 12.5. The summed E-state index contributed by atoms with van der Waals surface area (Å²) in [6.07, 6.45) is 0. The minimum Gasteiger partial charge on any atom is -0.497 e. The molecule has 0 spiro atoms. The molecule has 23 heavy (non-hydrogen) atoms. The van der Waals surface area contributed by atoms with E-state index in [9.17, 15) is 4.79 Å². The topological polar surface area (TPSA) is 38.8 Å². The molecule has 0 aromatic heterocycles. The standard InChI is InChI=1S/C19H21NO3/c1-22-18-4-2-3-17(13-18)19(21)16-7-5-15(6-8-16)14-20-9-11-23-12-10-20/h2-8,13H,9-12,14H2,1H3. The second kappa shape index (κ2) is 7.40. The highest BCUT2D eigenvalue weighted by molar-refractivity contribution is 6.09. The summed E-state index contributed by atoms with van der Waals surface area (Å²) in [5, 5.41) is 0. The average molecular weight is 311 g/mol. The molecule has 2 aromatic rings. The lowest BCUT2D eigenvalue weighted by molar-refractivity contribution is 0.0342. The predicted octanol–water partition coefficient (Wildman–Crippen LogP) is 2.76. The van der Waals surface area contributed by atoms with Crippen LogP contribution in [0.5, 0.6) is 5.75 Å². The molecule has 0 unspecified atom stereocenters. The number of benzene rings is 2. The summed E-state index contributed by atoms with van der Waals surface area (Å²) in [6.45, 7) is 4.42. The number of hydrogen-bond donors (Lipinski definition) is 0. The third-order valence-electron chi connectivity index (χ3n) is 4.06. The number of ketones is 1. The van der Waals surface area contributed by atoms with Gasteiger partial charge in [-0.3, -0.25) is 9.69 Å². The minimum atomic E-state index is 0.0156. The molecule has 0 bridgehead atoms. The molecule has 0 atom stereocenters. The molecule has 0 saturated carbocycles. The Bertz CT molecular complexity index is 661. The summed E-state index contributed by atoms with van der Waals surface area (Å²) in [6, 6.07) is 15.1. The Morgan fingerprint density at radius 1 is 1.09 bits per heavy atom. The van der Waals surface area contributed by atoms with Gasteiger partial charge in [0.15, 0.2) is 5.78 Å². The fourth-order valence-electron chi connectivity index (χ4n) is 2.71. The van der Waals surface area contributed by atoms with Crippen LogP contribution in [0.3, 0.4) is 0 Å². The van der Waals surface area contributed by atoms with Gasteiger partial charge in [-0.1, -0.05) is 36.4 Å². The molecule has 1 aliphatic heterocycles. The first kappa shape index (κ1) is 15.7. The third kappa shape index (κ3) is 3.97. The van der Waals surface area contributed by atoms with E-state index >= 15 is 0 Å². The van der Waals surface area contributed by atoms with Crippen molar-refractivity contribution in [2.45, 2.75) is 6.54 Å². The Morgan fingerprint density at radius 3 is 2.52 bits per heavy atom. The smallest absolute Gasteiger partial charge is 0.193 e. The van der Waals surface area contributed by atoms with Crippen molar-refractivity contribution >= 4 is 5.78 Å². The summed E-state index contributed by atoms with van der Waals surface area (Å²) >= 11 is 0. The number of methoxy groups -OCH3 is 1. The van der Waals surface area contributed by atoms with Gasteiger partial charge in [0.25, 0.3) is 0 Å². The van der Waals surface area contributed by atoms with Gasteiger partial charge in [0.2, 0.25) is 0 Å². The van der Waals surface area contributed by atoms with E-state index in [1.165, 1.54) is 5.56 Å². The van der Waals surface area contributed by atoms with Crippen molar-refractivity contribution in [3.63, 3.8) is 0 Å². The first-order valence-corrected chi connectivity index (χ1v) is 7.84. The Hall–Kier alpha value is -2.17. The van der Waals surface area contributed by atoms with Gasteiger partial charge < -0.3 is 9.47 Å². The van der Waals surface area contributed by atoms with Gasteiger partial charge in [0.1, 0.15) is 5.75 Å². The molecule has 1 saturated heterocycles. The van der Waals surface area contributed by atoms with Gasteiger partial charge in [-0.05, 0) is 17.7 Å². The van der Waals surface area contributed by atoms with E-state index < -0.39 is 0 Å². The summed E-state index contributed by atoms with van der Waals surface area (Å²) in [5.74, 6) is 0.710. The van der Waals surface area contributed by atoms with Crippen LogP contribution in [0.15, 0.2) is 48.5 Å². The molecule has 0 N–H and O–H groups in total. The van der Waals surface area contributed by atoms with Crippen LogP contribution in [0.2, 0.25) is 0 Å². The van der Waals surface area contributed by atoms with Crippen molar-refractivity contribution in [1.29, 1.82) is 0 Å². The molecule has 0 radical (unpaired) electrons. The fraction of sp³-hybridized carbons (Fsp3) is 0.316. The van der Waals surface area contributed by atoms with E-state index in [1.807, 2.05) is 42.5 Å². The van der Waals surface area contributed by atoms with E-state index in [-0.39, 0.29) is 5.78 Å². The molecule has 3 rings (SSSR count). The quantitative estimate of drug-likeness (QED) is 0.796. The molecule has 4 nitrogen and oxygen atoms in total. The second-order valence-electron chi connectivity index (χ2n) is 5.65. The maximum Gasteiger partial charge on any atom is 0.193 e. The molecule has 120 valence electrons. The van der Waals surface area contributed by atoms with Crippen molar-refractivity contribution in [2.24, 2.45) is 0 Å². The zero-order chi connectivity index (χ0) is 16.1. The third-order valence-corrected chi connectivity index (χ3v) is 4.06. The Morgan fingerprint density at radius 2 is 1.83 bits per heavy atom. The van der Waals surface area contributed by atoms with Crippen LogP contribution < -0.4 is 4.74 Å². The normalized spacial score (nSPS) is 15.3. The molecule has 1 heterocycles. The highest BCUT2D eigenvalue weighted by Crippen LogP contribution is 2.17. The van der Waals surface area contributed by atoms with Crippen LogP contribution >= 0.6 is 0 Å². The summed E-state index contributed by atoms with van der Waals surface area (Å²) < 4.78 is 10.5. The van der Waals surface area contributed by atoms with E-state index in [1.54, 1.807) is 13.2 Å². The number of nitrogens with zero attached hydrogens (tertiary/aromatic N) is 1. The molecule has 1 fully saturated rings. The Kier molecular flexibility index (Phi) is 5.05. The fourth-order valence-corrected chi connectivity index (χ4v) is 2.71. The van der Waals surface area contributed by atoms with Crippen molar-refractivity contribution < 1.29 is 14.3 Å². The molecular weight excluding hydrogens is 290 g/mol. The van der Waals surface area contributed by atoms with Gasteiger partial charge in [0.05, 0.1) is 20.3 Å². The van der Waals surface area contributed by atoms with Crippen molar-refractivity contribution in [3.8, 4) is 5.75 Å². The van der Waals surface area contributed by atoms with Crippen molar-refractivity contribution in [3.05, 3.63) is 65.2 Å². The lowest BCUT2D eigenvalue weighted by Gasteiger charge is -2.26. The number of carbonyl (C=O) groups excluding carboxylic acids is 1. The van der Waals surface area contributed by atoms with Crippen molar-refractivity contribution in [1.82, 2.24) is 4.90 Å². The van der Waals surface area contributed by atoms with Crippen LogP contribution in [0.4, 0.5) is 0 Å². The highest BCUT2D eigenvalue weighted by Gasteiger charge is 2.12. The number of ether oxygens (including phenoxy) is 2. The zero-order valence-electron chi connectivity index (χ0n) is 13.3. The van der Waals surface area contributed by atoms with Gasteiger partial charge in [0, 0.05) is 30.8 Å². The van der Waals surface area contributed by atoms with Gasteiger partial charge in [-0.15, -0.1) is 0 Å². The Labute approximate surface area is 136 Å². The second-order valence-corrected chi connectivity index (χ2v) is 5.65. The molecular formula is C19H21NO3. The molecule has 4 heteroatoms. The highest BCUT2D eigenvalue weighted by atomic mass is 16.5. The Balaban J connectivity index is 1.69. The monoisotopic (exact) mass is 311 g/mol. The zero-order valence-corrected chi connectivity index (χ0v) is 13.3. The van der Waals surface area contributed by atoms with Crippen molar-refractivity contribution in [2.75, 3.05) is 33.4 Å².